The van der Waals surface area contributed by atoms with Gasteiger partial charge in [0, 0.05) is 18.1 Å². The highest BCUT2D eigenvalue weighted by Crippen LogP contribution is 2.22. The van der Waals surface area contributed by atoms with Crippen molar-refractivity contribution >= 4 is 5.91 Å². The van der Waals surface area contributed by atoms with E-state index in [4.69, 9.17) is 4.74 Å². The third-order valence-electron chi connectivity index (χ3n) is 3.94. The average molecular weight is 339 g/mol. The highest BCUT2D eigenvalue weighted by Gasteiger charge is 2.18. The van der Waals surface area contributed by atoms with Gasteiger partial charge in [0.2, 0.25) is 0 Å². The molecule has 1 amide bonds. The molecule has 130 valence electrons. The molecule has 2 aromatic heterocycles. The van der Waals surface area contributed by atoms with Crippen LogP contribution in [0.3, 0.4) is 0 Å². The number of aryl methyl sites for hydroxylation is 1. The van der Waals surface area contributed by atoms with Crippen molar-refractivity contribution in [3.05, 3.63) is 59.9 Å². The van der Waals surface area contributed by atoms with Gasteiger partial charge in [-0.15, -0.1) is 0 Å². The zero-order valence-electron chi connectivity index (χ0n) is 14.5. The number of benzene rings is 1. The third kappa shape index (κ3) is 3.55. The first-order valence-corrected chi connectivity index (χ1v) is 8.12. The van der Waals surface area contributed by atoms with Crippen LogP contribution in [-0.2, 0) is 0 Å². The Hall–Kier alpha value is -3.09. The predicted molar refractivity (Wildman–Crippen MR) is 93.9 cm³/mol. The second-order valence-corrected chi connectivity index (χ2v) is 5.73. The van der Waals surface area contributed by atoms with Crippen LogP contribution >= 0.6 is 0 Å². The van der Waals surface area contributed by atoms with E-state index in [9.17, 15) is 4.79 Å². The van der Waals surface area contributed by atoms with Gasteiger partial charge in [-0.25, -0.2) is 9.67 Å². The SMILES string of the molecule is CCC(NC(=O)c1cnn(-c2ccccc2OC)c1)c1ncc(C)[nH]1. The van der Waals surface area contributed by atoms with Crippen LogP contribution in [0.5, 0.6) is 5.75 Å². The van der Waals surface area contributed by atoms with Crippen LogP contribution in [0, 0.1) is 6.92 Å². The molecule has 25 heavy (non-hydrogen) atoms. The number of aromatic nitrogens is 4. The Morgan fingerprint density at radius 3 is 2.84 bits per heavy atom. The first-order valence-electron chi connectivity index (χ1n) is 8.12. The van der Waals surface area contributed by atoms with Crippen molar-refractivity contribution in [1.82, 2.24) is 25.1 Å². The van der Waals surface area contributed by atoms with Crippen molar-refractivity contribution < 1.29 is 9.53 Å². The number of H-pyrrole nitrogens is 1. The lowest BCUT2D eigenvalue weighted by molar-refractivity contribution is 0.0934. The number of carbonyl (C=O) groups excluding carboxylic acids is 1. The molecule has 0 saturated heterocycles. The molecule has 3 rings (SSSR count). The number of aromatic amines is 1. The lowest BCUT2D eigenvalue weighted by atomic mass is 10.2. The molecular weight excluding hydrogens is 318 g/mol. The Labute approximate surface area is 146 Å². The quantitative estimate of drug-likeness (QED) is 0.723. The van der Waals surface area contributed by atoms with Gasteiger partial charge in [0.25, 0.3) is 5.91 Å². The predicted octanol–water partition coefficient (Wildman–Crippen LogP) is 2.79. The molecule has 0 aliphatic heterocycles. The van der Waals surface area contributed by atoms with Gasteiger partial charge in [-0.3, -0.25) is 4.79 Å². The number of hydrogen-bond donors (Lipinski definition) is 2. The molecule has 1 unspecified atom stereocenters. The number of imidazole rings is 1. The van der Waals surface area contributed by atoms with E-state index in [1.165, 1.54) is 0 Å². The number of nitrogens with one attached hydrogen (secondary N) is 2. The number of carbonyl (C=O) groups is 1. The Kier molecular flexibility index (Phi) is 4.83. The summed E-state index contributed by atoms with van der Waals surface area (Å²) in [5.74, 6) is 1.25. The number of hydrogen-bond acceptors (Lipinski definition) is 4. The van der Waals surface area contributed by atoms with Crippen LogP contribution in [0.15, 0.2) is 42.9 Å². The molecule has 3 aromatic rings. The Morgan fingerprint density at radius 2 is 2.16 bits per heavy atom. The summed E-state index contributed by atoms with van der Waals surface area (Å²) in [6, 6.07) is 7.34. The van der Waals surface area contributed by atoms with Crippen molar-refractivity contribution in [3.8, 4) is 11.4 Å². The fourth-order valence-corrected chi connectivity index (χ4v) is 2.61. The third-order valence-corrected chi connectivity index (χ3v) is 3.94. The summed E-state index contributed by atoms with van der Waals surface area (Å²) in [6.07, 6.45) is 5.72. The molecule has 0 fully saturated rings. The number of methoxy groups -OCH3 is 1. The van der Waals surface area contributed by atoms with E-state index < -0.39 is 0 Å². The van der Waals surface area contributed by atoms with Gasteiger partial charge in [0.05, 0.1) is 24.9 Å². The molecule has 0 aliphatic rings. The molecule has 2 heterocycles. The lowest BCUT2D eigenvalue weighted by Crippen LogP contribution is -2.28. The van der Waals surface area contributed by atoms with E-state index in [1.54, 1.807) is 30.4 Å². The van der Waals surface area contributed by atoms with Crippen molar-refractivity contribution in [2.24, 2.45) is 0 Å². The van der Waals surface area contributed by atoms with Gasteiger partial charge in [-0.2, -0.15) is 5.10 Å². The van der Waals surface area contributed by atoms with E-state index in [0.29, 0.717) is 11.3 Å². The van der Waals surface area contributed by atoms with E-state index in [2.05, 4.69) is 20.4 Å². The summed E-state index contributed by atoms with van der Waals surface area (Å²) in [6.45, 7) is 3.93. The summed E-state index contributed by atoms with van der Waals surface area (Å²) >= 11 is 0. The molecule has 1 atom stereocenters. The first kappa shape index (κ1) is 16.8. The number of ether oxygens (including phenoxy) is 1. The summed E-state index contributed by atoms with van der Waals surface area (Å²) < 4.78 is 6.97. The molecule has 0 radical (unpaired) electrons. The van der Waals surface area contributed by atoms with E-state index in [-0.39, 0.29) is 11.9 Å². The van der Waals surface area contributed by atoms with E-state index >= 15 is 0 Å². The summed E-state index contributed by atoms with van der Waals surface area (Å²) in [5.41, 5.74) is 2.22. The Balaban J connectivity index is 1.78. The van der Waals surface area contributed by atoms with Gasteiger partial charge in [-0.1, -0.05) is 19.1 Å². The van der Waals surface area contributed by atoms with Crippen LogP contribution in [0.4, 0.5) is 0 Å². The fraction of sp³-hybridized carbons (Fsp3) is 0.278. The topological polar surface area (TPSA) is 84.8 Å². The largest absolute Gasteiger partial charge is 0.494 e. The van der Waals surface area contributed by atoms with Crippen molar-refractivity contribution in [1.29, 1.82) is 0 Å². The number of rotatable bonds is 6. The van der Waals surface area contributed by atoms with E-state index in [1.807, 2.05) is 38.1 Å². The number of para-hydroxylation sites is 2. The molecule has 0 aliphatic carbocycles. The second-order valence-electron chi connectivity index (χ2n) is 5.73. The molecule has 0 bridgehead atoms. The minimum absolute atomic E-state index is 0.171. The summed E-state index contributed by atoms with van der Waals surface area (Å²) in [4.78, 5) is 20.0. The lowest BCUT2D eigenvalue weighted by Gasteiger charge is -2.14. The number of amides is 1. The minimum Gasteiger partial charge on any atom is -0.494 e. The van der Waals surface area contributed by atoms with Crippen molar-refractivity contribution in [2.75, 3.05) is 7.11 Å². The number of nitrogens with zero attached hydrogens (tertiary/aromatic N) is 3. The van der Waals surface area contributed by atoms with Gasteiger partial charge in [-0.05, 0) is 25.5 Å². The fourth-order valence-electron chi connectivity index (χ4n) is 2.61. The summed E-state index contributed by atoms with van der Waals surface area (Å²) in [7, 11) is 1.60. The van der Waals surface area contributed by atoms with Crippen LogP contribution < -0.4 is 10.1 Å². The first-order chi connectivity index (χ1) is 12.1. The normalized spacial score (nSPS) is 12.0. The molecule has 1 aromatic carbocycles. The summed E-state index contributed by atoms with van der Waals surface area (Å²) in [5, 5.41) is 7.27. The standard InChI is InChI=1S/C18H21N5O2/c1-4-14(17-19-9-12(2)21-17)22-18(24)13-10-20-23(11-13)15-7-5-6-8-16(15)25-3/h5-11,14H,4H2,1-3H3,(H,19,21)(H,22,24). The molecule has 0 saturated carbocycles. The zero-order chi connectivity index (χ0) is 17.8. The van der Waals surface area contributed by atoms with Gasteiger partial charge in [0.1, 0.15) is 17.3 Å². The van der Waals surface area contributed by atoms with Crippen LogP contribution in [0.2, 0.25) is 0 Å². The van der Waals surface area contributed by atoms with Gasteiger partial charge >= 0.3 is 0 Å². The maximum absolute atomic E-state index is 12.6. The Morgan fingerprint density at radius 1 is 1.36 bits per heavy atom. The monoisotopic (exact) mass is 339 g/mol. The molecule has 0 spiro atoms. The molecular formula is C18H21N5O2. The van der Waals surface area contributed by atoms with Crippen LogP contribution in [0.1, 0.15) is 41.3 Å². The maximum Gasteiger partial charge on any atom is 0.255 e. The van der Waals surface area contributed by atoms with Crippen molar-refractivity contribution in [3.63, 3.8) is 0 Å². The maximum atomic E-state index is 12.6. The van der Waals surface area contributed by atoms with Crippen LogP contribution in [-0.4, -0.2) is 32.8 Å². The second kappa shape index (κ2) is 7.21. The molecule has 7 heteroatoms. The highest BCUT2D eigenvalue weighted by atomic mass is 16.5. The Bertz CT molecular complexity index is 868. The minimum atomic E-state index is -0.193. The van der Waals surface area contributed by atoms with E-state index in [0.717, 1.165) is 23.6 Å². The van der Waals surface area contributed by atoms with Gasteiger partial charge < -0.3 is 15.0 Å². The zero-order valence-corrected chi connectivity index (χ0v) is 14.5. The molecule has 7 nitrogen and oxygen atoms in total. The van der Waals surface area contributed by atoms with Crippen LogP contribution in [0.25, 0.3) is 5.69 Å². The average Bonchev–Trinajstić information content (AvgIpc) is 3.28. The smallest absolute Gasteiger partial charge is 0.255 e. The van der Waals surface area contributed by atoms with Crippen molar-refractivity contribution in [2.45, 2.75) is 26.3 Å². The highest BCUT2D eigenvalue weighted by molar-refractivity contribution is 5.94. The molecule has 2 N–H and O–H groups in total. The van der Waals surface area contributed by atoms with Gasteiger partial charge in [0.15, 0.2) is 0 Å².